The number of nitrogens with one attached hydrogen (secondary N) is 2. The Labute approximate surface area is 189 Å². The first-order valence-corrected chi connectivity index (χ1v) is 10.5. The summed E-state index contributed by atoms with van der Waals surface area (Å²) in [6.45, 7) is 0. The molecule has 160 valence electrons. The number of halogens is 1. The number of carbonyl (C=O) groups is 2. The predicted octanol–water partition coefficient (Wildman–Crippen LogP) is 4.74. The van der Waals surface area contributed by atoms with Gasteiger partial charge in [0.15, 0.2) is 11.5 Å². The molecule has 0 saturated heterocycles. The molecule has 2 amide bonds. The third-order valence-electron chi connectivity index (χ3n) is 4.12. The fourth-order valence-corrected chi connectivity index (χ4v) is 3.40. The van der Waals surface area contributed by atoms with E-state index in [1.807, 2.05) is 12.1 Å². The zero-order valence-electron chi connectivity index (χ0n) is 16.8. The van der Waals surface area contributed by atoms with Crippen LogP contribution in [0.15, 0.2) is 65.7 Å². The summed E-state index contributed by atoms with van der Waals surface area (Å²) in [5, 5.41) is 6.05. The second kappa shape index (κ2) is 10.7. The van der Waals surface area contributed by atoms with Crippen LogP contribution in [-0.4, -0.2) is 36.8 Å². The van der Waals surface area contributed by atoms with Gasteiger partial charge in [-0.1, -0.05) is 11.6 Å². The van der Waals surface area contributed by atoms with E-state index in [2.05, 4.69) is 15.6 Å². The fourth-order valence-electron chi connectivity index (χ4n) is 2.59. The van der Waals surface area contributed by atoms with Crippen molar-refractivity contribution in [3.63, 3.8) is 0 Å². The van der Waals surface area contributed by atoms with Gasteiger partial charge >= 0.3 is 0 Å². The Morgan fingerprint density at radius 2 is 1.71 bits per heavy atom. The molecule has 3 rings (SSSR count). The highest BCUT2D eigenvalue weighted by molar-refractivity contribution is 8.00. The number of hydrogen-bond acceptors (Lipinski definition) is 6. The molecule has 0 spiro atoms. The average molecular weight is 458 g/mol. The van der Waals surface area contributed by atoms with Gasteiger partial charge in [0.25, 0.3) is 5.91 Å². The lowest BCUT2D eigenvalue weighted by Crippen LogP contribution is -2.14. The maximum atomic E-state index is 12.5. The van der Waals surface area contributed by atoms with Crippen molar-refractivity contribution in [1.82, 2.24) is 4.98 Å². The Kier molecular flexibility index (Phi) is 7.75. The number of ether oxygens (including phenoxy) is 2. The lowest BCUT2D eigenvalue weighted by atomic mass is 10.2. The molecule has 1 aromatic heterocycles. The quantitative estimate of drug-likeness (QED) is 0.475. The number of nitrogens with zero attached hydrogens (tertiary/aromatic N) is 1. The van der Waals surface area contributed by atoms with Crippen molar-refractivity contribution < 1.29 is 19.1 Å². The third kappa shape index (κ3) is 6.37. The highest BCUT2D eigenvalue weighted by atomic mass is 35.5. The molecule has 9 heteroatoms. The Morgan fingerprint density at radius 3 is 2.35 bits per heavy atom. The minimum absolute atomic E-state index is 0.175. The molecule has 7 nitrogen and oxygen atoms in total. The first-order valence-electron chi connectivity index (χ1n) is 9.16. The average Bonchev–Trinajstić information content (AvgIpc) is 2.79. The van der Waals surface area contributed by atoms with E-state index in [9.17, 15) is 9.59 Å². The number of thioether (sulfide) groups is 1. The number of carbonyl (C=O) groups excluding carboxylic acids is 2. The van der Waals surface area contributed by atoms with Crippen LogP contribution in [0.1, 0.15) is 10.4 Å². The van der Waals surface area contributed by atoms with E-state index >= 15 is 0 Å². The van der Waals surface area contributed by atoms with E-state index in [4.69, 9.17) is 21.1 Å². The minimum Gasteiger partial charge on any atom is -0.493 e. The lowest BCUT2D eigenvalue weighted by molar-refractivity contribution is -0.113. The van der Waals surface area contributed by atoms with Crippen LogP contribution >= 0.6 is 23.4 Å². The Bertz CT molecular complexity index is 1060. The lowest BCUT2D eigenvalue weighted by Gasteiger charge is -2.10. The highest BCUT2D eigenvalue weighted by Crippen LogP contribution is 2.28. The molecule has 0 aliphatic rings. The normalized spacial score (nSPS) is 10.3. The van der Waals surface area contributed by atoms with Crippen molar-refractivity contribution in [3.05, 3.63) is 71.4 Å². The van der Waals surface area contributed by atoms with Crippen LogP contribution in [0.5, 0.6) is 11.5 Å². The number of benzene rings is 2. The summed E-state index contributed by atoms with van der Waals surface area (Å²) in [5.41, 5.74) is 1.09. The summed E-state index contributed by atoms with van der Waals surface area (Å²) in [6, 6.07) is 15.5. The molecule has 0 aliphatic carbocycles. The van der Waals surface area contributed by atoms with Gasteiger partial charge < -0.3 is 20.1 Å². The third-order valence-corrected chi connectivity index (χ3v) is 5.36. The van der Waals surface area contributed by atoms with Gasteiger partial charge in [0.1, 0.15) is 5.82 Å². The summed E-state index contributed by atoms with van der Waals surface area (Å²) >= 11 is 7.15. The minimum atomic E-state index is -0.267. The van der Waals surface area contributed by atoms with Crippen LogP contribution < -0.4 is 20.1 Å². The molecular formula is C22H20ClN3O4S. The zero-order valence-corrected chi connectivity index (χ0v) is 18.4. The van der Waals surface area contributed by atoms with E-state index in [1.54, 1.807) is 42.5 Å². The molecule has 2 aromatic carbocycles. The van der Waals surface area contributed by atoms with E-state index < -0.39 is 0 Å². The number of anilines is 2. The number of pyridine rings is 1. The Balaban J connectivity index is 1.53. The SMILES string of the molecule is COc1ccc(C(=O)Nc2ccc(SCC(=O)Nc3ccc(Cl)cn3)cc2)cc1OC. The number of hydrogen-bond donors (Lipinski definition) is 2. The number of aromatic nitrogens is 1. The largest absolute Gasteiger partial charge is 0.493 e. The van der Waals surface area contributed by atoms with Crippen molar-refractivity contribution >= 4 is 46.7 Å². The summed E-state index contributed by atoms with van der Waals surface area (Å²) in [4.78, 5) is 29.5. The molecule has 31 heavy (non-hydrogen) atoms. The van der Waals surface area contributed by atoms with Gasteiger partial charge in [-0.25, -0.2) is 4.98 Å². The second-order valence-electron chi connectivity index (χ2n) is 6.25. The summed E-state index contributed by atoms with van der Waals surface area (Å²) in [5.74, 6) is 1.26. The summed E-state index contributed by atoms with van der Waals surface area (Å²) in [7, 11) is 3.05. The highest BCUT2D eigenvalue weighted by Gasteiger charge is 2.11. The van der Waals surface area contributed by atoms with Gasteiger partial charge in [0.05, 0.1) is 25.0 Å². The van der Waals surface area contributed by atoms with Crippen molar-refractivity contribution in [2.24, 2.45) is 0 Å². The molecule has 0 fully saturated rings. The van der Waals surface area contributed by atoms with Crippen LogP contribution in [0, 0.1) is 0 Å². The van der Waals surface area contributed by atoms with Crippen LogP contribution in [0.25, 0.3) is 0 Å². The van der Waals surface area contributed by atoms with Gasteiger partial charge in [-0.05, 0) is 54.6 Å². The molecule has 0 saturated carbocycles. The zero-order chi connectivity index (χ0) is 22.2. The molecule has 3 aromatic rings. The summed E-state index contributed by atoms with van der Waals surface area (Å²) < 4.78 is 10.4. The van der Waals surface area contributed by atoms with Crippen LogP contribution in [-0.2, 0) is 4.79 Å². The smallest absolute Gasteiger partial charge is 0.255 e. The van der Waals surface area contributed by atoms with E-state index in [-0.39, 0.29) is 17.6 Å². The van der Waals surface area contributed by atoms with Crippen LogP contribution in [0.4, 0.5) is 11.5 Å². The van der Waals surface area contributed by atoms with Gasteiger partial charge in [-0.2, -0.15) is 0 Å². The van der Waals surface area contributed by atoms with Crippen molar-refractivity contribution in [3.8, 4) is 11.5 Å². The van der Waals surface area contributed by atoms with Crippen molar-refractivity contribution in [2.45, 2.75) is 4.90 Å². The van der Waals surface area contributed by atoms with Crippen molar-refractivity contribution in [2.75, 3.05) is 30.6 Å². The second-order valence-corrected chi connectivity index (χ2v) is 7.73. The fraction of sp³-hybridized carbons (Fsp3) is 0.136. The Morgan fingerprint density at radius 1 is 0.968 bits per heavy atom. The molecule has 2 N–H and O–H groups in total. The maximum absolute atomic E-state index is 12.5. The summed E-state index contributed by atoms with van der Waals surface area (Å²) in [6.07, 6.45) is 1.47. The topological polar surface area (TPSA) is 89.5 Å². The first kappa shape index (κ1) is 22.5. The van der Waals surface area contributed by atoms with Crippen LogP contribution in [0.3, 0.4) is 0 Å². The van der Waals surface area contributed by atoms with Crippen molar-refractivity contribution in [1.29, 1.82) is 0 Å². The van der Waals surface area contributed by atoms with E-state index in [0.717, 1.165) is 4.90 Å². The Hall–Kier alpha value is -3.23. The molecule has 0 atom stereocenters. The predicted molar refractivity (Wildman–Crippen MR) is 123 cm³/mol. The number of rotatable bonds is 8. The molecular weight excluding hydrogens is 438 g/mol. The molecule has 0 bridgehead atoms. The van der Waals surface area contributed by atoms with E-state index in [1.165, 1.54) is 32.2 Å². The molecule has 1 heterocycles. The van der Waals surface area contributed by atoms with Gasteiger partial charge in [0.2, 0.25) is 5.91 Å². The molecule has 0 unspecified atom stereocenters. The monoisotopic (exact) mass is 457 g/mol. The molecule has 0 aliphatic heterocycles. The number of methoxy groups -OCH3 is 2. The standard InChI is InChI=1S/C22H20ClN3O4S/c1-29-18-9-3-14(11-19(18)30-2)22(28)25-16-5-7-17(8-6-16)31-13-21(27)26-20-10-4-15(23)12-24-20/h3-12H,13H2,1-2H3,(H,25,28)(H,24,26,27). The van der Waals surface area contributed by atoms with E-state index in [0.29, 0.717) is 33.6 Å². The number of amides is 2. The van der Waals surface area contributed by atoms with Gasteiger partial charge in [-0.15, -0.1) is 11.8 Å². The maximum Gasteiger partial charge on any atom is 0.255 e. The molecule has 0 radical (unpaired) electrons. The van der Waals surface area contributed by atoms with Crippen LogP contribution in [0.2, 0.25) is 5.02 Å². The first-order chi connectivity index (χ1) is 15.0. The van der Waals surface area contributed by atoms with Gasteiger partial charge in [-0.3, -0.25) is 9.59 Å². The van der Waals surface area contributed by atoms with Gasteiger partial charge in [0, 0.05) is 22.3 Å².